The number of carbonyl (C=O) groups excluding carboxylic acids is 4. The molecule has 0 bridgehead atoms. The van der Waals surface area contributed by atoms with Crippen LogP contribution in [0.4, 0.5) is 0 Å². The summed E-state index contributed by atoms with van der Waals surface area (Å²) in [7, 11) is 0. The minimum atomic E-state index is -1.000. The van der Waals surface area contributed by atoms with E-state index in [1.807, 2.05) is 41.2 Å². The third-order valence-electron chi connectivity index (χ3n) is 4.68. The van der Waals surface area contributed by atoms with Gasteiger partial charge in [-0.25, -0.2) is 4.98 Å². The SMILES string of the molecule is CCOC(=O)CNC(=O)[C@H](Cc1cn(Cc2ccccc2)cn1)NC(=O)[C@H](CSC)NC(C)=O. The van der Waals surface area contributed by atoms with Gasteiger partial charge in [-0.3, -0.25) is 19.2 Å². The second-order valence-corrected chi connectivity index (χ2v) is 8.43. The monoisotopic (exact) mass is 489 g/mol. The lowest BCUT2D eigenvalue weighted by atomic mass is 10.1. The molecule has 11 heteroatoms. The molecule has 2 rings (SSSR count). The number of hydrogen-bond donors (Lipinski definition) is 3. The maximum absolute atomic E-state index is 12.8. The summed E-state index contributed by atoms with van der Waals surface area (Å²) in [6.07, 6.45) is 5.38. The van der Waals surface area contributed by atoms with E-state index in [1.54, 1.807) is 19.4 Å². The van der Waals surface area contributed by atoms with Crippen molar-refractivity contribution in [3.05, 3.63) is 54.1 Å². The number of carbonyl (C=O) groups is 4. The summed E-state index contributed by atoms with van der Waals surface area (Å²) in [6.45, 7) is 3.48. The molecule has 3 amide bonds. The molecule has 10 nitrogen and oxygen atoms in total. The Morgan fingerprint density at radius 3 is 2.47 bits per heavy atom. The Labute approximate surface area is 203 Å². The molecule has 1 heterocycles. The Kier molecular flexibility index (Phi) is 11.1. The first-order chi connectivity index (χ1) is 16.3. The lowest BCUT2D eigenvalue weighted by Gasteiger charge is -2.22. The molecule has 34 heavy (non-hydrogen) atoms. The van der Waals surface area contributed by atoms with Crippen molar-refractivity contribution in [3.63, 3.8) is 0 Å². The molecule has 0 saturated heterocycles. The maximum atomic E-state index is 12.8. The van der Waals surface area contributed by atoms with Gasteiger partial charge in [-0.15, -0.1) is 0 Å². The molecule has 2 atom stereocenters. The molecule has 2 aromatic rings. The van der Waals surface area contributed by atoms with E-state index < -0.39 is 29.9 Å². The van der Waals surface area contributed by atoms with Crippen molar-refractivity contribution in [3.8, 4) is 0 Å². The van der Waals surface area contributed by atoms with Crippen LogP contribution in [-0.2, 0) is 36.9 Å². The van der Waals surface area contributed by atoms with E-state index >= 15 is 0 Å². The Morgan fingerprint density at radius 1 is 1.09 bits per heavy atom. The molecule has 0 fully saturated rings. The molecular weight excluding hydrogens is 458 g/mol. The first-order valence-electron chi connectivity index (χ1n) is 10.9. The average Bonchev–Trinajstić information content (AvgIpc) is 3.24. The topological polar surface area (TPSA) is 131 Å². The van der Waals surface area contributed by atoms with Crippen molar-refractivity contribution in [1.29, 1.82) is 0 Å². The predicted octanol–water partition coefficient (Wildman–Crippen LogP) is 0.506. The molecule has 3 N–H and O–H groups in total. The first-order valence-corrected chi connectivity index (χ1v) is 12.3. The summed E-state index contributed by atoms with van der Waals surface area (Å²) in [6, 6.07) is 8.04. The van der Waals surface area contributed by atoms with Crippen molar-refractivity contribution in [2.45, 2.75) is 38.9 Å². The number of ether oxygens (including phenoxy) is 1. The largest absolute Gasteiger partial charge is 0.465 e. The summed E-state index contributed by atoms with van der Waals surface area (Å²) in [5.41, 5.74) is 1.69. The molecular formula is C23H31N5O5S. The number of rotatable bonds is 13. The zero-order valence-corrected chi connectivity index (χ0v) is 20.4. The summed E-state index contributed by atoms with van der Waals surface area (Å²) >= 11 is 1.39. The average molecular weight is 490 g/mol. The second kappa shape index (κ2) is 14.0. The van der Waals surface area contributed by atoms with Gasteiger partial charge < -0.3 is 25.3 Å². The molecule has 0 spiro atoms. The van der Waals surface area contributed by atoms with E-state index in [-0.39, 0.29) is 25.5 Å². The molecule has 0 aliphatic heterocycles. The van der Waals surface area contributed by atoms with Crippen LogP contribution in [0.2, 0.25) is 0 Å². The number of imidazole rings is 1. The number of hydrogen-bond acceptors (Lipinski definition) is 7. The molecule has 184 valence electrons. The fraction of sp³-hybridized carbons (Fsp3) is 0.435. The lowest BCUT2D eigenvalue weighted by molar-refractivity contribution is -0.143. The number of benzene rings is 1. The molecule has 0 saturated carbocycles. The predicted molar refractivity (Wildman–Crippen MR) is 129 cm³/mol. The van der Waals surface area contributed by atoms with Crippen molar-refractivity contribution < 1.29 is 23.9 Å². The number of esters is 1. The van der Waals surface area contributed by atoms with Crippen LogP contribution in [0.1, 0.15) is 25.1 Å². The summed E-state index contributed by atoms with van der Waals surface area (Å²) in [5.74, 6) is -1.63. The molecule has 0 unspecified atom stereocenters. The molecule has 0 aliphatic rings. The summed E-state index contributed by atoms with van der Waals surface area (Å²) in [5, 5.41) is 7.78. The van der Waals surface area contributed by atoms with Crippen molar-refractivity contribution >= 4 is 35.5 Å². The van der Waals surface area contributed by atoms with Crippen LogP contribution in [-0.4, -0.2) is 70.5 Å². The van der Waals surface area contributed by atoms with Gasteiger partial charge >= 0.3 is 5.97 Å². The van der Waals surface area contributed by atoms with E-state index in [0.717, 1.165) is 5.56 Å². The minimum Gasteiger partial charge on any atom is -0.465 e. The van der Waals surface area contributed by atoms with Crippen LogP contribution in [0.5, 0.6) is 0 Å². The zero-order valence-electron chi connectivity index (χ0n) is 19.6. The second-order valence-electron chi connectivity index (χ2n) is 7.52. The standard InChI is InChI=1S/C23H31N5O5S/c1-4-33-21(30)11-24-22(31)19(27-23(32)20(14-34-3)26-16(2)29)10-18-13-28(15-25-18)12-17-8-6-5-7-9-17/h5-9,13,15,19-20H,4,10-12,14H2,1-3H3,(H,24,31)(H,26,29)(H,27,32)/t19-,20-/m0/s1. The van der Waals surface area contributed by atoms with E-state index in [9.17, 15) is 19.2 Å². The van der Waals surface area contributed by atoms with Crippen LogP contribution < -0.4 is 16.0 Å². The fourth-order valence-corrected chi connectivity index (χ4v) is 3.74. The third kappa shape index (κ3) is 9.26. The highest BCUT2D eigenvalue weighted by Crippen LogP contribution is 2.07. The highest BCUT2D eigenvalue weighted by molar-refractivity contribution is 7.98. The molecule has 1 aromatic carbocycles. The number of amides is 3. The van der Waals surface area contributed by atoms with Crippen LogP contribution >= 0.6 is 11.8 Å². The normalized spacial score (nSPS) is 12.3. The van der Waals surface area contributed by atoms with Gasteiger partial charge in [0.1, 0.15) is 18.6 Å². The Bertz CT molecular complexity index is 966. The summed E-state index contributed by atoms with van der Waals surface area (Å²) < 4.78 is 6.72. The van der Waals surface area contributed by atoms with Crippen molar-refractivity contribution in [1.82, 2.24) is 25.5 Å². The number of thioether (sulfide) groups is 1. The Morgan fingerprint density at radius 2 is 1.82 bits per heavy atom. The van der Waals surface area contributed by atoms with Crippen LogP contribution in [0.25, 0.3) is 0 Å². The number of nitrogens with zero attached hydrogens (tertiary/aromatic N) is 2. The van der Waals surface area contributed by atoms with E-state index in [2.05, 4.69) is 20.9 Å². The molecule has 1 aromatic heterocycles. The zero-order chi connectivity index (χ0) is 24.9. The quantitative estimate of drug-likeness (QED) is 0.349. The van der Waals surface area contributed by atoms with Gasteiger partial charge in [-0.2, -0.15) is 11.8 Å². The fourth-order valence-electron chi connectivity index (χ4n) is 3.17. The molecule has 0 aliphatic carbocycles. The Hall–Kier alpha value is -3.34. The maximum Gasteiger partial charge on any atom is 0.325 e. The smallest absolute Gasteiger partial charge is 0.325 e. The van der Waals surface area contributed by atoms with Crippen LogP contribution in [0, 0.1) is 0 Å². The Balaban J connectivity index is 2.12. The highest BCUT2D eigenvalue weighted by atomic mass is 32.2. The van der Waals surface area contributed by atoms with E-state index in [4.69, 9.17) is 4.74 Å². The van der Waals surface area contributed by atoms with Gasteiger partial charge in [-0.05, 0) is 18.7 Å². The van der Waals surface area contributed by atoms with Gasteiger partial charge in [-0.1, -0.05) is 30.3 Å². The lowest BCUT2D eigenvalue weighted by Crippen LogP contribution is -2.55. The van der Waals surface area contributed by atoms with Crippen LogP contribution in [0.15, 0.2) is 42.9 Å². The highest BCUT2D eigenvalue weighted by Gasteiger charge is 2.27. The van der Waals surface area contributed by atoms with Crippen molar-refractivity contribution in [2.24, 2.45) is 0 Å². The van der Waals surface area contributed by atoms with Gasteiger partial charge in [0.15, 0.2) is 0 Å². The number of aromatic nitrogens is 2. The minimum absolute atomic E-state index is 0.105. The van der Waals surface area contributed by atoms with Crippen molar-refractivity contribution in [2.75, 3.05) is 25.2 Å². The third-order valence-corrected chi connectivity index (χ3v) is 5.35. The van der Waals surface area contributed by atoms with Gasteiger partial charge in [0.05, 0.1) is 18.6 Å². The van der Waals surface area contributed by atoms with E-state index in [1.165, 1.54) is 18.7 Å². The van der Waals surface area contributed by atoms with Crippen LogP contribution in [0.3, 0.4) is 0 Å². The van der Waals surface area contributed by atoms with Gasteiger partial charge in [0.2, 0.25) is 17.7 Å². The number of nitrogens with one attached hydrogen (secondary N) is 3. The van der Waals surface area contributed by atoms with E-state index in [0.29, 0.717) is 18.0 Å². The van der Waals surface area contributed by atoms with Gasteiger partial charge in [0.25, 0.3) is 0 Å². The molecule has 0 radical (unpaired) electrons. The summed E-state index contributed by atoms with van der Waals surface area (Å²) in [4.78, 5) is 53.2. The van der Waals surface area contributed by atoms with Gasteiger partial charge in [0, 0.05) is 31.8 Å². The first kappa shape index (κ1) is 26.9.